The predicted octanol–water partition coefficient (Wildman–Crippen LogP) is 2.15. The third-order valence-corrected chi connectivity index (χ3v) is 2.55. The molecule has 0 saturated carbocycles. The molecule has 1 amide bonds. The summed E-state index contributed by atoms with van der Waals surface area (Å²) in [6.07, 6.45) is 0.431. The first-order chi connectivity index (χ1) is 10.6. The van der Waals surface area contributed by atoms with Crippen molar-refractivity contribution >= 4 is 12.1 Å². The second kappa shape index (κ2) is 10.1. The number of hydrogen-bond donors (Lipinski definition) is 1. The molecule has 0 unspecified atom stereocenters. The van der Waals surface area contributed by atoms with Crippen LogP contribution in [0.1, 0.15) is 41.0 Å². The number of hydrogen-bond acceptors (Lipinski definition) is 6. The van der Waals surface area contributed by atoms with Gasteiger partial charge in [-0.1, -0.05) is 13.5 Å². The van der Waals surface area contributed by atoms with Crippen LogP contribution in [0.25, 0.3) is 0 Å². The Balaban J connectivity index is 4.49. The molecule has 0 radical (unpaired) electrons. The van der Waals surface area contributed by atoms with Crippen molar-refractivity contribution in [3.05, 3.63) is 12.3 Å². The van der Waals surface area contributed by atoms with E-state index in [4.69, 9.17) is 9.47 Å². The van der Waals surface area contributed by atoms with E-state index in [2.05, 4.69) is 12.0 Å². The van der Waals surface area contributed by atoms with Crippen LogP contribution in [0.2, 0.25) is 0 Å². The summed E-state index contributed by atoms with van der Waals surface area (Å²) in [5, 5.41) is 1.57. The van der Waals surface area contributed by atoms with Gasteiger partial charge in [-0.2, -0.15) is 0 Å². The molecule has 134 valence electrons. The molecule has 0 aromatic heterocycles. The lowest BCUT2D eigenvalue weighted by atomic mass is 10.2. The molecular weight excluding hydrogens is 298 g/mol. The molecule has 0 aliphatic rings. The highest BCUT2D eigenvalue weighted by atomic mass is 16.6. The standard InChI is InChI=1S/C16H31N3O4/c1-8-10-19(15(21)23-16(4,5)6)11-13(3)17-18(7)12-14(20)22-9-2/h17H,3,8-12H2,1-2,4-7H3. The van der Waals surface area contributed by atoms with Gasteiger partial charge in [0.15, 0.2) is 0 Å². The first-order valence-electron chi connectivity index (χ1n) is 7.88. The molecule has 0 aromatic rings. The van der Waals surface area contributed by atoms with Crippen LogP contribution >= 0.6 is 0 Å². The molecule has 0 aliphatic heterocycles. The van der Waals surface area contributed by atoms with Gasteiger partial charge in [0.2, 0.25) is 0 Å². The lowest BCUT2D eigenvalue weighted by Gasteiger charge is -2.29. The van der Waals surface area contributed by atoms with Crippen molar-refractivity contribution < 1.29 is 19.1 Å². The highest BCUT2D eigenvalue weighted by molar-refractivity contribution is 5.71. The second-order valence-corrected chi connectivity index (χ2v) is 6.28. The van der Waals surface area contributed by atoms with E-state index >= 15 is 0 Å². The minimum Gasteiger partial charge on any atom is -0.465 e. The summed E-state index contributed by atoms with van der Waals surface area (Å²) in [7, 11) is 1.71. The Morgan fingerprint density at radius 1 is 1.17 bits per heavy atom. The Morgan fingerprint density at radius 2 is 1.78 bits per heavy atom. The number of carbonyl (C=O) groups is 2. The van der Waals surface area contributed by atoms with E-state index in [1.54, 1.807) is 23.9 Å². The smallest absolute Gasteiger partial charge is 0.410 e. The molecule has 0 fully saturated rings. The molecule has 0 saturated heterocycles. The van der Waals surface area contributed by atoms with Gasteiger partial charge >= 0.3 is 12.1 Å². The molecule has 7 nitrogen and oxygen atoms in total. The second-order valence-electron chi connectivity index (χ2n) is 6.28. The summed E-state index contributed by atoms with van der Waals surface area (Å²) in [5.41, 5.74) is 3.01. The van der Waals surface area contributed by atoms with E-state index in [0.717, 1.165) is 6.42 Å². The summed E-state index contributed by atoms with van der Waals surface area (Å²) in [6.45, 7) is 14.4. The van der Waals surface area contributed by atoms with Crippen LogP contribution in [0.4, 0.5) is 4.79 Å². The summed E-state index contributed by atoms with van der Waals surface area (Å²) in [6, 6.07) is 0. The lowest BCUT2D eigenvalue weighted by Crippen LogP contribution is -2.44. The Labute approximate surface area is 139 Å². The van der Waals surface area contributed by atoms with Crippen molar-refractivity contribution in [2.75, 3.05) is 33.3 Å². The van der Waals surface area contributed by atoms with Crippen LogP contribution < -0.4 is 5.43 Å². The SMILES string of the molecule is C=C(CN(CCC)C(=O)OC(C)(C)C)NN(C)CC(=O)OCC. The Bertz CT molecular complexity index is 405. The summed E-state index contributed by atoms with van der Waals surface area (Å²) in [5.74, 6) is -0.326. The van der Waals surface area contributed by atoms with Crippen molar-refractivity contribution in [2.24, 2.45) is 0 Å². The van der Waals surface area contributed by atoms with Crippen molar-refractivity contribution in [2.45, 2.75) is 46.6 Å². The zero-order valence-electron chi connectivity index (χ0n) is 15.3. The largest absolute Gasteiger partial charge is 0.465 e. The monoisotopic (exact) mass is 329 g/mol. The fourth-order valence-electron chi connectivity index (χ4n) is 1.81. The van der Waals surface area contributed by atoms with Crippen LogP contribution in [0.15, 0.2) is 12.3 Å². The first kappa shape index (κ1) is 21.2. The molecule has 7 heteroatoms. The van der Waals surface area contributed by atoms with E-state index in [9.17, 15) is 9.59 Å². The molecule has 1 N–H and O–H groups in total. The van der Waals surface area contributed by atoms with Gasteiger partial charge < -0.3 is 19.8 Å². The molecule has 0 aliphatic carbocycles. The highest BCUT2D eigenvalue weighted by Crippen LogP contribution is 2.11. The zero-order valence-corrected chi connectivity index (χ0v) is 15.3. The fourth-order valence-corrected chi connectivity index (χ4v) is 1.81. The minimum atomic E-state index is -0.543. The number of nitrogens with one attached hydrogen (secondary N) is 1. The summed E-state index contributed by atoms with van der Waals surface area (Å²) >= 11 is 0. The molecule has 0 aromatic carbocycles. The molecule has 0 rings (SSSR count). The number of rotatable bonds is 9. The normalized spacial score (nSPS) is 11.1. The number of esters is 1. The van der Waals surface area contributed by atoms with Crippen molar-refractivity contribution in [1.29, 1.82) is 0 Å². The molecule has 0 bridgehead atoms. The van der Waals surface area contributed by atoms with E-state index in [-0.39, 0.29) is 18.6 Å². The van der Waals surface area contributed by atoms with Gasteiger partial charge in [0.1, 0.15) is 12.1 Å². The van der Waals surface area contributed by atoms with E-state index < -0.39 is 5.60 Å². The van der Waals surface area contributed by atoms with Gasteiger partial charge in [-0.15, -0.1) is 0 Å². The van der Waals surface area contributed by atoms with Crippen LogP contribution in [-0.2, 0) is 14.3 Å². The Kier molecular flexibility index (Phi) is 9.32. The summed E-state index contributed by atoms with van der Waals surface area (Å²) in [4.78, 5) is 25.2. The fraction of sp³-hybridized carbons (Fsp3) is 0.750. The number of likely N-dealkylation sites (N-methyl/N-ethyl adjacent to an activating group) is 1. The van der Waals surface area contributed by atoms with Gasteiger partial charge in [0, 0.05) is 19.3 Å². The Hall–Kier alpha value is -1.76. The molecule has 0 atom stereocenters. The topological polar surface area (TPSA) is 71.1 Å². The summed E-state index contributed by atoms with van der Waals surface area (Å²) < 4.78 is 10.3. The third-order valence-electron chi connectivity index (χ3n) is 2.55. The average molecular weight is 329 g/mol. The number of nitrogens with zero attached hydrogens (tertiary/aromatic N) is 2. The van der Waals surface area contributed by atoms with Crippen molar-refractivity contribution in [3.63, 3.8) is 0 Å². The maximum absolute atomic E-state index is 12.2. The third kappa shape index (κ3) is 10.6. The van der Waals surface area contributed by atoms with Crippen LogP contribution in [0, 0.1) is 0 Å². The van der Waals surface area contributed by atoms with Gasteiger partial charge in [-0.25, -0.2) is 9.80 Å². The van der Waals surface area contributed by atoms with Gasteiger partial charge in [-0.3, -0.25) is 4.79 Å². The average Bonchev–Trinajstić information content (AvgIpc) is 2.35. The molecule has 0 spiro atoms. The number of ether oxygens (including phenoxy) is 2. The van der Waals surface area contributed by atoms with Gasteiger partial charge in [0.25, 0.3) is 0 Å². The number of carbonyl (C=O) groups excluding carboxylic acids is 2. The molecule has 23 heavy (non-hydrogen) atoms. The van der Waals surface area contributed by atoms with E-state index in [1.807, 2.05) is 27.7 Å². The van der Waals surface area contributed by atoms with Crippen molar-refractivity contribution in [3.8, 4) is 0 Å². The maximum Gasteiger partial charge on any atom is 0.410 e. The van der Waals surface area contributed by atoms with Crippen molar-refractivity contribution in [1.82, 2.24) is 15.3 Å². The van der Waals surface area contributed by atoms with Crippen LogP contribution in [-0.4, -0.2) is 60.9 Å². The maximum atomic E-state index is 12.2. The number of amides is 1. The minimum absolute atomic E-state index is 0.0904. The van der Waals surface area contributed by atoms with E-state index in [1.165, 1.54) is 0 Å². The zero-order chi connectivity index (χ0) is 18.0. The number of hydrazine groups is 1. The van der Waals surface area contributed by atoms with Gasteiger partial charge in [-0.05, 0) is 34.1 Å². The quantitative estimate of drug-likeness (QED) is 0.516. The van der Waals surface area contributed by atoms with Gasteiger partial charge in [0.05, 0.1) is 13.2 Å². The van der Waals surface area contributed by atoms with E-state index in [0.29, 0.717) is 25.4 Å². The lowest BCUT2D eigenvalue weighted by molar-refractivity contribution is -0.144. The first-order valence-corrected chi connectivity index (χ1v) is 7.88. The van der Waals surface area contributed by atoms with Crippen LogP contribution in [0.5, 0.6) is 0 Å². The Morgan fingerprint density at radius 3 is 2.26 bits per heavy atom. The van der Waals surface area contributed by atoms with Crippen LogP contribution in [0.3, 0.4) is 0 Å². The predicted molar refractivity (Wildman–Crippen MR) is 89.6 cm³/mol. The highest BCUT2D eigenvalue weighted by Gasteiger charge is 2.22. The molecular formula is C16H31N3O4. The molecule has 0 heterocycles.